The number of nitrogens with two attached hydrogens (primary N) is 1. The van der Waals surface area contributed by atoms with E-state index in [0.717, 1.165) is 38.8 Å². The molecule has 3 amide bonds. The summed E-state index contributed by atoms with van der Waals surface area (Å²) in [5.74, 6) is -0.784. The average Bonchev–Trinajstić information content (AvgIpc) is 3.57. The Kier molecular flexibility index (Phi) is 8.85. The molecule has 2 saturated carbocycles. The summed E-state index contributed by atoms with van der Waals surface area (Å²) in [5, 5.41) is 5.49. The normalized spacial score (nSPS) is 25.1. The van der Waals surface area contributed by atoms with Gasteiger partial charge >= 0.3 is 6.09 Å². The van der Waals surface area contributed by atoms with Crippen molar-refractivity contribution in [3.63, 3.8) is 0 Å². The predicted molar refractivity (Wildman–Crippen MR) is 148 cm³/mol. The first kappa shape index (κ1) is 29.3. The van der Waals surface area contributed by atoms with Crippen molar-refractivity contribution in [2.75, 3.05) is 38.5 Å². The number of anilines is 1. The smallest absolute Gasteiger partial charge is 0.408 e. The molecule has 0 bridgehead atoms. The number of amides is 3. The minimum absolute atomic E-state index is 0.0897. The molecule has 10 heteroatoms. The van der Waals surface area contributed by atoms with Gasteiger partial charge in [-0.15, -0.1) is 0 Å². The molecular weight excluding hydrogens is 501 g/mol. The summed E-state index contributed by atoms with van der Waals surface area (Å²) in [5.41, 5.74) is 5.53. The number of nitrogens with one attached hydrogen (secondary N) is 2. The quantitative estimate of drug-likeness (QED) is 0.484. The number of ether oxygens (including phenoxy) is 1. The second-order valence-electron chi connectivity index (χ2n) is 12.5. The first-order valence-corrected chi connectivity index (χ1v) is 14.2. The highest BCUT2D eigenvalue weighted by atomic mass is 19.1. The fraction of sp³-hybridized carbons (Fsp3) is 0.690. The van der Waals surface area contributed by atoms with E-state index in [2.05, 4.69) is 15.5 Å². The minimum Gasteiger partial charge on any atom is -0.444 e. The molecule has 1 saturated heterocycles. The number of hydrogen-bond donors (Lipinski definition) is 3. The first-order valence-electron chi connectivity index (χ1n) is 14.2. The van der Waals surface area contributed by atoms with E-state index in [0.29, 0.717) is 25.1 Å². The fourth-order valence-electron chi connectivity index (χ4n) is 6.00. The summed E-state index contributed by atoms with van der Waals surface area (Å²) in [7, 11) is 2.00. The number of piperazine rings is 1. The van der Waals surface area contributed by atoms with Gasteiger partial charge < -0.3 is 30.9 Å². The van der Waals surface area contributed by atoms with Gasteiger partial charge in [0.05, 0.1) is 11.1 Å². The Morgan fingerprint density at radius 1 is 1.13 bits per heavy atom. The molecule has 216 valence electrons. The summed E-state index contributed by atoms with van der Waals surface area (Å²) in [6.45, 7) is 7.81. The largest absolute Gasteiger partial charge is 0.444 e. The van der Waals surface area contributed by atoms with E-state index >= 15 is 4.39 Å². The summed E-state index contributed by atoms with van der Waals surface area (Å²) >= 11 is 0. The molecule has 4 N–H and O–H groups in total. The van der Waals surface area contributed by atoms with Crippen molar-refractivity contribution in [1.29, 1.82) is 0 Å². The number of rotatable bonds is 7. The maximum absolute atomic E-state index is 15.2. The standard InChI is InChI=1S/C29H44FN5O4/c1-28(2,3)39-27(38)33-23(25(36)35-14-12-34(4)13-15-35)17-19-10-11-22(21(30)16-19)32-26(37)29(18-24(29)31)20-8-6-5-7-9-20/h10-11,16,20,23-24H,5-9,12-15,17-18,31H2,1-4H3,(H,32,37)(H,33,38)/t23-,24?,29+/m1/s1. The molecule has 4 rings (SSSR count). The molecule has 1 aromatic rings. The van der Waals surface area contributed by atoms with E-state index in [4.69, 9.17) is 10.5 Å². The lowest BCUT2D eigenvalue weighted by Crippen LogP contribution is -2.55. The van der Waals surface area contributed by atoms with Crippen LogP contribution in [0.2, 0.25) is 0 Å². The number of hydrogen-bond acceptors (Lipinski definition) is 6. The molecule has 9 nitrogen and oxygen atoms in total. The number of benzene rings is 1. The van der Waals surface area contributed by atoms with Crippen molar-refractivity contribution in [3.8, 4) is 0 Å². The van der Waals surface area contributed by atoms with Gasteiger partial charge in [0.25, 0.3) is 0 Å². The highest BCUT2D eigenvalue weighted by molar-refractivity contribution is 5.98. The minimum atomic E-state index is -0.915. The Morgan fingerprint density at radius 3 is 2.33 bits per heavy atom. The molecule has 3 aliphatic rings. The molecule has 3 fully saturated rings. The SMILES string of the molecule is CN1CCN(C(=O)[C@@H](Cc2ccc(NC(=O)[C@]3(C4CCCCC4)CC3N)c(F)c2)NC(=O)OC(C)(C)C)CC1. The Hall–Kier alpha value is -2.72. The monoisotopic (exact) mass is 545 g/mol. The van der Waals surface area contributed by atoms with Crippen molar-refractivity contribution >= 4 is 23.6 Å². The van der Waals surface area contributed by atoms with Gasteiger partial charge in [-0.2, -0.15) is 0 Å². The zero-order chi connectivity index (χ0) is 28.4. The maximum Gasteiger partial charge on any atom is 0.408 e. The van der Waals surface area contributed by atoms with Gasteiger partial charge in [-0.1, -0.05) is 25.3 Å². The van der Waals surface area contributed by atoms with Crippen molar-refractivity contribution in [2.45, 2.75) is 83.4 Å². The van der Waals surface area contributed by atoms with Crippen LogP contribution in [0.25, 0.3) is 0 Å². The van der Waals surface area contributed by atoms with Crippen molar-refractivity contribution in [3.05, 3.63) is 29.6 Å². The van der Waals surface area contributed by atoms with Crippen LogP contribution in [0, 0.1) is 17.2 Å². The van der Waals surface area contributed by atoms with Gasteiger partial charge in [0.2, 0.25) is 11.8 Å². The molecule has 1 aromatic carbocycles. The third kappa shape index (κ3) is 7.08. The van der Waals surface area contributed by atoms with Crippen LogP contribution < -0.4 is 16.4 Å². The van der Waals surface area contributed by atoms with E-state index in [1.54, 1.807) is 31.7 Å². The van der Waals surface area contributed by atoms with Crippen LogP contribution in [0.5, 0.6) is 0 Å². The Morgan fingerprint density at radius 2 is 1.77 bits per heavy atom. The number of carbonyl (C=O) groups excluding carboxylic acids is 3. The maximum atomic E-state index is 15.2. The lowest BCUT2D eigenvalue weighted by molar-refractivity contribution is -0.135. The van der Waals surface area contributed by atoms with Crippen LogP contribution in [0.4, 0.5) is 14.9 Å². The second kappa shape index (κ2) is 11.8. The molecule has 3 atom stereocenters. The lowest BCUT2D eigenvalue weighted by Gasteiger charge is -2.35. The van der Waals surface area contributed by atoms with E-state index in [-0.39, 0.29) is 35.9 Å². The van der Waals surface area contributed by atoms with Crippen LogP contribution in [-0.4, -0.2) is 78.6 Å². The van der Waals surface area contributed by atoms with E-state index in [1.165, 1.54) is 18.6 Å². The third-order valence-corrected chi connectivity index (χ3v) is 8.34. The van der Waals surface area contributed by atoms with E-state index in [1.807, 2.05) is 7.05 Å². The van der Waals surface area contributed by atoms with E-state index < -0.39 is 29.0 Å². The summed E-state index contributed by atoms with van der Waals surface area (Å²) in [6.07, 6.45) is 5.36. The van der Waals surface area contributed by atoms with Gasteiger partial charge in [0, 0.05) is 38.6 Å². The molecule has 1 aliphatic heterocycles. The van der Waals surface area contributed by atoms with Crippen LogP contribution >= 0.6 is 0 Å². The fourth-order valence-corrected chi connectivity index (χ4v) is 6.00. The third-order valence-electron chi connectivity index (χ3n) is 8.34. The van der Waals surface area contributed by atoms with Crippen molar-refractivity contribution in [2.24, 2.45) is 17.1 Å². The molecule has 0 spiro atoms. The molecule has 2 aliphatic carbocycles. The number of likely N-dealkylation sites (N-methyl/N-ethyl adjacent to an activating group) is 1. The zero-order valence-corrected chi connectivity index (χ0v) is 23.7. The Balaban J connectivity index is 1.46. The Bertz CT molecular complexity index is 1060. The molecule has 0 aromatic heterocycles. The second-order valence-corrected chi connectivity index (χ2v) is 12.5. The highest BCUT2D eigenvalue weighted by Gasteiger charge is 2.62. The Labute approximate surface area is 231 Å². The number of carbonyl (C=O) groups is 3. The average molecular weight is 546 g/mol. The van der Waals surface area contributed by atoms with Gasteiger partial charge in [0.1, 0.15) is 17.5 Å². The number of nitrogens with zero attached hydrogens (tertiary/aromatic N) is 2. The lowest BCUT2D eigenvalue weighted by atomic mass is 9.76. The highest BCUT2D eigenvalue weighted by Crippen LogP contribution is 2.56. The number of alkyl carbamates (subject to hydrolysis) is 1. The molecule has 1 unspecified atom stereocenters. The van der Waals surface area contributed by atoms with Gasteiger partial charge in [0.15, 0.2) is 0 Å². The predicted octanol–water partition coefficient (Wildman–Crippen LogP) is 3.27. The van der Waals surface area contributed by atoms with E-state index in [9.17, 15) is 14.4 Å². The van der Waals surface area contributed by atoms with Crippen LogP contribution in [0.15, 0.2) is 18.2 Å². The van der Waals surface area contributed by atoms with Crippen molar-refractivity contribution < 1.29 is 23.5 Å². The first-order chi connectivity index (χ1) is 18.4. The molecule has 39 heavy (non-hydrogen) atoms. The van der Waals surface area contributed by atoms with Crippen LogP contribution in [-0.2, 0) is 20.7 Å². The topological polar surface area (TPSA) is 117 Å². The summed E-state index contributed by atoms with van der Waals surface area (Å²) in [4.78, 5) is 43.1. The molecular formula is C29H44FN5O4. The van der Waals surface area contributed by atoms with Crippen molar-refractivity contribution in [1.82, 2.24) is 15.1 Å². The van der Waals surface area contributed by atoms with Crippen LogP contribution in [0.1, 0.15) is 64.9 Å². The summed E-state index contributed by atoms with van der Waals surface area (Å²) < 4.78 is 20.6. The van der Waals surface area contributed by atoms with Gasteiger partial charge in [-0.3, -0.25) is 9.59 Å². The van der Waals surface area contributed by atoms with Gasteiger partial charge in [-0.05, 0) is 70.7 Å². The molecule has 1 heterocycles. The van der Waals surface area contributed by atoms with Gasteiger partial charge in [-0.25, -0.2) is 9.18 Å². The number of halogens is 1. The zero-order valence-electron chi connectivity index (χ0n) is 23.7. The molecule has 0 radical (unpaired) electrons. The summed E-state index contributed by atoms with van der Waals surface area (Å²) in [6, 6.07) is 3.41. The van der Waals surface area contributed by atoms with Crippen LogP contribution in [0.3, 0.4) is 0 Å².